The summed E-state index contributed by atoms with van der Waals surface area (Å²) in [5.74, 6) is 0.836. The molecule has 4 N–H and O–H groups in total. The molecule has 0 aliphatic carbocycles. The van der Waals surface area contributed by atoms with Crippen molar-refractivity contribution in [2.24, 2.45) is 0 Å². The predicted octanol–water partition coefficient (Wildman–Crippen LogP) is 0.425. The van der Waals surface area contributed by atoms with Crippen LogP contribution in [0.4, 0.5) is 0 Å². The van der Waals surface area contributed by atoms with E-state index in [-0.39, 0.29) is 22.3 Å². The summed E-state index contributed by atoms with van der Waals surface area (Å²) >= 11 is 0. The zero-order valence-corrected chi connectivity index (χ0v) is 16.3. The molecule has 0 atom stereocenters. The Balaban J connectivity index is 1.43. The van der Waals surface area contributed by atoms with Crippen LogP contribution in [0.15, 0.2) is 55.6 Å². The zero-order chi connectivity index (χ0) is 22.7. The third kappa shape index (κ3) is 3.11. The van der Waals surface area contributed by atoms with Gasteiger partial charge in [0, 0.05) is 12.1 Å². The van der Waals surface area contributed by atoms with Crippen LogP contribution in [0.3, 0.4) is 0 Å². The molecule has 13 nitrogen and oxygen atoms in total. The maximum Gasteiger partial charge on any atom is 0.327 e. The summed E-state index contributed by atoms with van der Waals surface area (Å²) in [5, 5.41) is 0. The van der Waals surface area contributed by atoms with E-state index in [1.165, 1.54) is 0 Å². The van der Waals surface area contributed by atoms with Crippen LogP contribution in [0, 0.1) is 0 Å². The van der Waals surface area contributed by atoms with Gasteiger partial charge in [0.1, 0.15) is 11.5 Å². The monoisotopic (exact) mass is 442 g/mol. The van der Waals surface area contributed by atoms with Gasteiger partial charge in [0.15, 0.2) is 22.3 Å². The van der Waals surface area contributed by atoms with Crippen molar-refractivity contribution in [3.63, 3.8) is 0 Å². The van der Waals surface area contributed by atoms with Crippen molar-refractivity contribution in [1.82, 2.24) is 39.9 Å². The van der Waals surface area contributed by atoms with Gasteiger partial charge in [0.05, 0.1) is 22.1 Å². The first-order chi connectivity index (χ1) is 15.9. The highest BCUT2D eigenvalue weighted by Crippen LogP contribution is 2.27. The molecule has 0 unspecified atom stereocenters. The lowest BCUT2D eigenvalue weighted by atomic mass is 10.2. The standard InChI is InChI=1S/C20H10N8O5/c29-17-13-15(25-19(31)27-17)23-11-5-7(1-3-9(11)21-13)33-8-2-4-10-12(6-8)24-16-14(22-10)18(30)28-20(32)26-16/h1-6H,(H2,23,25,27,29,31)(H2,24,26,28,30,32). The van der Waals surface area contributed by atoms with Crippen molar-refractivity contribution in [1.29, 1.82) is 0 Å². The number of nitrogens with zero attached hydrogens (tertiary/aromatic N) is 4. The number of nitrogens with one attached hydrogen (secondary N) is 4. The Bertz CT molecular complexity index is 1860. The van der Waals surface area contributed by atoms with Crippen molar-refractivity contribution in [2.75, 3.05) is 0 Å². The van der Waals surface area contributed by atoms with Crippen molar-refractivity contribution in [3.8, 4) is 11.5 Å². The number of ether oxygens (including phenoxy) is 1. The Morgan fingerprint density at radius 1 is 0.545 bits per heavy atom. The van der Waals surface area contributed by atoms with Crippen molar-refractivity contribution < 1.29 is 4.74 Å². The van der Waals surface area contributed by atoms with Gasteiger partial charge in [-0.1, -0.05) is 0 Å². The Hall–Kier alpha value is -5.20. The van der Waals surface area contributed by atoms with Gasteiger partial charge < -0.3 is 4.74 Å². The molecule has 0 spiro atoms. The normalized spacial score (nSPS) is 11.5. The molecule has 6 aromatic rings. The molecule has 0 saturated carbocycles. The highest BCUT2D eigenvalue weighted by Gasteiger charge is 2.10. The van der Waals surface area contributed by atoms with E-state index in [9.17, 15) is 19.2 Å². The number of benzene rings is 2. The van der Waals surface area contributed by atoms with E-state index in [4.69, 9.17) is 4.74 Å². The Morgan fingerprint density at radius 2 is 1.00 bits per heavy atom. The van der Waals surface area contributed by atoms with E-state index in [0.29, 0.717) is 33.6 Å². The first-order valence-corrected chi connectivity index (χ1v) is 9.49. The average molecular weight is 442 g/mol. The molecule has 0 aliphatic heterocycles. The van der Waals surface area contributed by atoms with E-state index in [1.807, 2.05) is 0 Å². The summed E-state index contributed by atoms with van der Waals surface area (Å²) in [7, 11) is 0. The van der Waals surface area contributed by atoms with E-state index >= 15 is 0 Å². The Kier molecular flexibility index (Phi) is 3.74. The number of aromatic amines is 4. The Labute approximate surface area is 179 Å². The van der Waals surface area contributed by atoms with Crippen LogP contribution in [-0.2, 0) is 0 Å². The largest absolute Gasteiger partial charge is 0.457 e. The second-order valence-corrected chi connectivity index (χ2v) is 7.06. The average Bonchev–Trinajstić information content (AvgIpc) is 2.76. The number of H-pyrrole nitrogens is 4. The fourth-order valence-electron chi connectivity index (χ4n) is 3.42. The predicted molar refractivity (Wildman–Crippen MR) is 117 cm³/mol. The minimum absolute atomic E-state index is 0.0213. The van der Waals surface area contributed by atoms with Crippen LogP contribution < -0.4 is 27.2 Å². The molecule has 13 heteroatoms. The molecule has 0 fully saturated rings. The third-order valence-corrected chi connectivity index (χ3v) is 4.86. The fraction of sp³-hybridized carbons (Fsp3) is 0. The molecule has 0 saturated heterocycles. The van der Waals surface area contributed by atoms with Crippen LogP contribution in [0.25, 0.3) is 44.4 Å². The smallest absolute Gasteiger partial charge is 0.327 e. The van der Waals surface area contributed by atoms with Gasteiger partial charge in [-0.3, -0.25) is 29.5 Å². The molecule has 160 valence electrons. The molecule has 0 bridgehead atoms. The van der Waals surface area contributed by atoms with Crippen molar-refractivity contribution in [2.45, 2.75) is 0 Å². The third-order valence-electron chi connectivity index (χ3n) is 4.86. The number of aromatic nitrogens is 8. The van der Waals surface area contributed by atoms with Gasteiger partial charge in [-0.2, -0.15) is 0 Å². The topological polar surface area (TPSA) is 192 Å². The fourth-order valence-corrected chi connectivity index (χ4v) is 3.42. The molecule has 6 rings (SSSR count). The second kappa shape index (κ2) is 6.65. The van der Waals surface area contributed by atoms with Crippen LogP contribution >= 0.6 is 0 Å². The molecule has 0 radical (unpaired) electrons. The highest BCUT2D eigenvalue weighted by atomic mass is 16.5. The summed E-state index contributed by atoms with van der Waals surface area (Å²) in [6.07, 6.45) is 0. The van der Waals surface area contributed by atoms with Gasteiger partial charge >= 0.3 is 11.4 Å². The molecular formula is C20H10N8O5. The first kappa shape index (κ1) is 18.6. The summed E-state index contributed by atoms with van der Waals surface area (Å²) in [6, 6.07) is 9.77. The van der Waals surface area contributed by atoms with E-state index < -0.39 is 22.5 Å². The minimum Gasteiger partial charge on any atom is -0.457 e. The molecule has 4 aromatic heterocycles. The van der Waals surface area contributed by atoms with E-state index in [2.05, 4.69) is 39.9 Å². The summed E-state index contributed by atoms with van der Waals surface area (Å²) in [5.41, 5.74) is -0.753. The summed E-state index contributed by atoms with van der Waals surface area (Å²) < 4.78 is 5.90. The number of hydrogen-bond acceptors (Lipinski definition) is 9. The Morgan fingerprint density at radius 3 is 1.45 bits per heavy atom. The van der Waals surface area contributed by atoms with Crippen molar-refractivity contribution in [3.05, 3.63) is 78.1 Å². The summed E-state index contributed by atoms with van der Waals surface area (Å²) in [6.45, 7) is 0. The van der Waals surface area contributed by atoms with Crippen LogP contribution in [0.5, 0.6) is 11.5 Å². The maximum absolute atomic E-state index is 11.9. The van der Waals surface area contributed by atoms with Crippen LogP contribution in [0.1, 0.15) is 0 Å². The van der Waals surface area contributed by atoms with Gasteiger partial charge in [0.2, 0.25) is 0 Å². The molecule has 0 amide bonds. The lowest BCUT2D eigenvalue weighted by Gasteiger charge is -2.08. The van der Waals surface area contributed by atoms with Crippen LogP contribution in [0.2, 0.25) is 0 Å². The zero-order valence-electron chi connectivity index (χ0n) is 16.3. The van der Waals surface area contributed by atoms with Gasteiger partial charge in [-0.05, 0) is 24.3 Å². The number of fused-ring (bicyclic) bond motifs is 4. The van der Waals surface area contributed by atoms with Crippen LogP contribution in [-0.4, -0.2) is 39.9 Å². The van der Waals surface area contributed by atoms with Gasteiger partial charge in [-0.25, -0.2) is 29.5 Å². The molecule has 4 heterocycles. The highest BCUT2D eigenvalue weighted by molar-refractivity contribution is 5.86. The van der Waals surface area contributed by atoms with Gasteiger partial charge in [-0.15, -0.1) is 0 Å². The quantitative estimate of drug-likeness (QED) is 0.275. The molecule has 33 heavy (non-hydrogen) atoms. The molecule has 2 aromatic carbocycles. The van der Waals surface area contributed by atoms with E-state index in [1.54, 1.807) is 36.4 Å². The first-order valence-electron chi connectivity index (χ1n) is 9.49. The minimum atomic E-state index is -0.679. The van der Waals surface area contributed by atoms with Gasteiger partial charge in [0.25, 0.3) is 11.1 Å². The summed E-state index contributed by atoms with van der Waals surface area (Å²) in [4.78, 5) is 73.1. The maximum atomic E-state index is 11.9. The molecule has 0 aliphatic rings. The van der Waals surface area contributed by atoms with Crippen molar-refractivity contribution >= 4 is 44.4 Å². The molecular weight excluding hydrogens is 432 g/mol. The van der Waals surface area contributed by atoms with E-state index in [0.717, 1.165) is 0 Å². The number of rotatable bonds is 2. The number of hydrogen-bond donors (Lipinski definition) is 4. The SMILES string of the molecule is O=c1[nH]c(=O)c2nc3ccc(Oc4ccc5nc6c(=O)[nH]c(=O)[nH]c6nc5c4)cc3nc2[nH]1. The lowest BCUT2D eigenvalue weighted by Crippen LogP contribution is -2.23. The second-order valence-electron chi connectivity index (χ2n) is 7.06. The lowest BCUT2D eigenvalue weighted by molar-refractivity contribution is 0.484.